The zero-order chi connectivity index (χ0) is 11.9. The van der Waals surface area contributed by atoms with Crippen molar-refractivity contribution < 1.29 is 9.15 Å². The first-order chi connectivity index (χ1) is 8.40. The summed E-state index contributed by atoms with van der Waals surface area (Å²) < 4.78 is 10.8. The predicted molar refractivity (Wildman–Crippen MR) is 66.4 cm³/mol. The van der Waals surface area contributed by atoms with Gasteiger partial charge in [0.25, 0.3) is 0 Å². The molecular weight excluding hydrogens is 214 g/mol. The van der Waals surface area contributed by atoms with E-state index in [-0.39, 0.29) is 0 Å². The SMILES string of the molecule is NCCc1ccccc1COCc1ccco1. The van der Waals surface area contributed by atoms with Crippen LogP contribution in [0, 0.1) is 0 Å². The van der Waals surface area contributed by atoms with Gasteiger partial charge in [0.1, 0.15) is 12.4 Å². The molecule has 2 aromatic rings. The first-order valence-electron chi connectivity index (χ1n) is 5.77. The van der Waals surface area contributed by atoms with Crippen molar-refractivity contribution in [3.8, 4) is 0 Å². The summed E-state index contributed by atoms with van der Waals surface area (Å²) >= 11 is 0. The third kappa shape index (κ3) is 3.44. The van der Waals surface area contributed by atoms with Gasteiger partial charge in [-0.25, -0.2) is 0 Å². The second kappa shape index (κ2) is 6.23. The average molecular weight is 231 g/mol. The van der Waals surface area contributed by atoms with E-state index in [9.17, 15) is 0 Å². The van der Waals surface area contributed by atoms with Gasteiger partial charge in [0.05, 0.1) is 12.9 Å². The molecule has 2 rings (SSSR count). The number of furan rings is 1. The molecule has 0 atom stereocenters. The molecule has 0 bridgehead atoms. The Kier molecular flexibility index (Phi) is 4.36. The number of ether oxygens (including phenoxy) is 1. The van der Waals surface area contributed by atoms with Crippen LogP contribution in [0.1, 0.15) is 16.9 Å². The second-order valence-electron chi connectivity index (χ2n) is 3.88. The monoisotopic (exact) mass is 231 g/mol. The lowest BCUT2D eigenvalue weighted by molar-refractivity contribution is 0.0924. The summed E-state index contributed by atoms with van der Waals surface area (Å²) in [4.78, 5) is 0. The maximum Gasteiger partial charge on any atom is 0.129 e. The van der Waals surface area contributed by atoms with Crippen LogP contribution in [0.2, 0.25) is 0 Å². The summed E-state index contributed by atoms with van der Waals surface area (Å²) in [6.07, 6.45) is 2.54. The van der Waals surface area contributed by atoms with Gasteiger partial charge in [-0.1, -0.05) is 24.3 Å². The minimum Gasteiger partial charge on any atom is -0.467 e. The maximum absolute atomic E-state index is 5.62. The van der Waals surface area contributed by atoms with E-state index in [0.29, 0.717) is 19.8 Å². The van der Waals surface area contributed by atoms with E-state index in [4.69, 9.17) is 14.9 Å². The third-order valence-electron chi connectivity index (χ3n) is 2.61. The molecule has 0 saturated heterocycles. The smallest absolute Gasteiger partial charge is 0.129 e. The van der Waals surface area contributed by atoms with E-state index in [1.807, 2.05) is 24.3 Å². The quantitative estimate of drug-likeness (QED) is 0.831. The zero-order valence-corrected chi connectivity index (χ0v) is 9.76. The van der Waals surface area contributed by atoms with Crippen molar-refractivity contribution in [2.24, 2.45) is 5.73 Å². The summed E-state index contributed by atoms with van der Waals surface area (Å²) in [7, 11) is 0. The Morgan fingerprint density at radius 1 is 1.00 bits per heavy atom. The van der Waals surface area contributed by atoms with Gasteiger partial charge in [0, 0.05) is 0 Å². The molecule has 2 N–H and O–H groups in total. The van der Waals surface area contributed by atoms with E-state index < -0.39 is 0 Å². The Balaban J connectivity index is 1.89. The zero-order valence-electron chi connectivity index (χ0n) is 9.76. The highest BCUT2D eigenvalue weighted by Crippen LogP contribution is 2.12. The number of benzene rings is 1. The Bertz CT molecular complexity index is 437. The topological polar surface area (TPSA) is 48.4 Å². The Labute approximate surface area is 101 Å². The van der Waals surface area contributed by atoms with Crippen molar-refractivity contribution in [3.63, 3.8) is 0 Å². The Morgan fingerprint density at radius 2 is 1.82 bits per heavy atom. The van der Waals surface area contributed by atoms with Gasteiger partial charge < -0.3 is 14.9 Å². The fraction of sp³-hybridized carbons (Fsp3) is 0.286. The number of hydrogen-bond donors (Lipinski definition) is 1. The van der Waals surface area contributed by atoms with Crippen LogP contribution >= 0.6 is 0 Å². The fourth-order valence-corrected chi connectivity index (χ4v) is 1.75. The van der Waals surface area contributed by atoms with Gasteiger partial charge in [-0.2, -0.15) is 0 Å². The molecule has 0 aliphatic rings. The molecule has 0 spiro atoms. The first-order valence-corrected chi connectivity index (χ1v) is 5.77. The van der Waals surface area contributed by atoms with Gasteiger partial charge in [0.2, 0.25) is 0 Å². The van der Waals surface area contributed by atoms with Gasteiger partial charge >= 0.3 is 0 Å². The molecule has 0 saturated carbocycles. The minimum atomic E-state index is 0.504. The largest absolute Gasteiger partial charge is 0.467 e. The lowest BCUT2D eigenvalue weighted by Crippen LogP contribution is -2.06. The maximum atomic E-state index is 5.62. The lowest BCUT2D eigenvalue weighted by Gasteiger charge is -2.08. The van der Waals surface area contributed by atoms with Crippen LogP contribution in [0.3, 0.4) is 0 Å². The summed E-state index contributed by atoms with van der Waals surface area (Å²) in [5, 5.41) is 0. The lowest BCUT2D eigenvalue weighted by atomic mass is 10.1. The molecule has 0 unspecified atom stereocenters. The number of hydrogen-bond acceptors (Lipinski definition) is 3. The highest BCUT2D eigenvalue weighted by Gasteiger charge is 2.02. The molecule has 1 aromatic carbocycles. The van der Waals surface area contributed by atoms with Crippen LogP contribution in [0.4, 0.5) is 0 Å². The van der Waals surface area contributed by atoms with Gasteiger partial charge in [-0.3, -0.25) is 0 Å². The third-order valence-corrected chi connectivity index (χ3v) is 2.61. The van der Waals surface area contributed by atoms with E-state index in [1.54, 1.807) is 6.26 Å². The molecule has 0 aliphatic heterocycles. The summed E-state index contributed by atoms with van der Waals surface area (Å²) in [6, 6.07) is 12.0. The second-order valence-corrected chi connectivity index (χ2v) is 3.88. The van der Waals surface area contributed by atoms with Crippen molar-refractivity contribution in [1.82, 2.24) is 0 Å². The van der Waals surface area contributed by atoms with Gasteiger partial charge in [-0.15, -0.1) is 0 Å². The molecule has 3 nitrogen and oxygen atoms in total. The molecule has 1 heterocycles. The standard InChI is InChI=1S/C14H17NO2/c15-8-7-12-4-1-2-5-13(12)10-16-11-14-6-3-9-17-14/h1-6,9H,7-8,10-11,15H2. The average Bonchev–Trinajstić information content (AvgIpc) is 2.85. The summed E-state index contributed by atoms with van der Waals surface area (Å²) in [5.41, 5.74) is 8.04. The predicted octanol–water partition coefficient (Wildman–Crippen LogP) is 2.50. The molecule has 17 heavy (non-hydrogen) atoms. The van der Waals surface area contributed by atoms with E-state index in [0.717, 1.165) is 12.2 Å². The van der Waals surface area contributed by atoms with Crippen molar-refractivity contribution >= 4 is 0 Å². The van der Waals surface area contributed by atoms with Crippen LogP contribution in [0.15, 0.2) is 47.1 Å². The molecule has 0 fully saturated rings. The number of rotatable bonds is 6. The molecule has 1 aromatic heterocycles. The normalized spacial score (nSPS) is 10.6. The molecular formula is C14H17NO2. The Hall–Kier alpha value is -1.58. The molecule has 0 aliphatic carbocycles. The van der Waals surface area contributed by atoms with Crippen LogP contribution in [0.25, 0.3) is 0 Å². The van der Waals surface area contributed by atoms with E-state index in [2.05, 4.69) is 12.1 Å². The van der Waals surface area contributed by atoms with Crippen LogP contribution in [-0.2, 0) is 24.4 Å². The van der Waals surface area contributed by atoms with Crippen molar-refractivity contribution in [1.29, 1.82) is 0 Å². The summed E-state index contributed by atoms with van der Waals surface area (Å²) in [5.74, 6) is 0.848. The molecule has 3 heteroatoms. The van der Waals surface area contributed by atoms with E-state index in [1.165, 1.54) is 11.1 Å². The van der Waals surface area contributed by atoms with Gasteiger partial charge in [0.15, 0.2) is 0 Å². The molecule has 90 valence electrons. The fourth-order valence-electron chi connectivity index (χ4n) is 1.75. The van der Waals surface area contributed by atoms with E-state index >= 15 is 0 Å². The number of nitrogens with two attached hydrogens (primary N) is 1. The molecule has 0 amide bonds. The minimum absolute atomic E-state index is 0.504. The molecule has 0 radical (unpaired) electrons. The summed E-state index contributed by atoms with van der Waals surface area (Å²) in [6.45, 7) is 1.76. The van der Waals surface area contributed by atoms with Crippen molar-refractivity contribution in [2.45, 2.75) is 19.6 Å². The van der Waals surface area contributed by atoms with Crippen LogP contribution in [-0.4, -0.2) is 6.54 Å². The van der Waals surface area contributed by atoms with Gasteiger partial charge in [-0.05, 0) is 36.2 Å². The van der Waals surface area contributed by atoms with Crippen molar-refractivity contribution in [3.05, 3.63) is 59.5 Å². The highest BCUT2D eigenvalue weighted by molar-refractivity contribution is 5.26. The van der Waals surface area contributed by atoms with Crippen molar-refractivity contribution in [2.75, 3.05) is 6.54 Å². The Morgan fingerprint density at radius 3 is 2.53 bits per heavy atom. The van der Waals surface area contributed by atoms with Crippen LogP contribution < -0.4 is 5.73 Å². The highest BCUT2D eigenvalue weighted by atomic mass is 16.5. The first kappa shape index (κ1) is 11.9. The van der Waals surface area contributed by atoms with Crippen LogP contribution in [0.5, 0.6) is 0 Å².